The van der Waals surface area contributed by atoms with Gasteiger partial charge in [0.05, 0.1) is 19.3 Å². The van der Waals surface area contributed by atoms with E-state index in [1.54, 1.807) is 0 Å². The van der Waals surface area contributed by atoms with Crippen LogP contribution in [-0.4, -0.2) is 47.4 Å². The summed E-state index contributed by atoms with van der Waals surface area (Å²) in [4.78, 5) is 7.97. The Morgan fingerprint density at radius 3 is 2.38 bits per heavy atom. The maximum atomic E-state index is 12.2. The number of aromatic nitrogens is 2. The molecule has 1 aliphatic heterocycles. The summed E-state index contributed by atoms with van der Waals surface area (Å²) >= 11 is 11.9. The molecule has 3 N–H and O–H groups in total. The molecule has 0 radical (unpaired) electrons. The topological polar surface area (TPSA) is 98.0 Å². The van der Waals surface area contributed by atoms with E-state index in [1.165, 1.54) is 6.20 Å². The van der Waals surface area contributed by atoms with Crippen LogP contribution < -0.4 is 10.5 Å². The maximum Gasteiger partial charge on any atom is 0.367 e. The lowest BCUT2D eigenvalue weighted by Crippen LogP contribution is -2.56. The second-order valence-electron chi connectivity index (χ2n) is 7.23. The Labute approximate surface area is 151 Å². The molecule has 0 aromatic carbocycles. The number of nitrogens with zero attached hydrogens (tertiary/aromatic N) is 3. The lowest BCUT2D eigenvalue weighted by atomic mass is 10.0. The van der Waals surface area contributed by atoms with E-state index < -0.39 is 10.2 Å². The highest BCUT2D eigenvalue weighted by Gasteiger charge is 2.61. The third-order valence-corrected chi connectivity index (χ3v) is 7.77. The van der Waals surface area contributed by atoms with Crippen LogP contribution in [0.2, 0.25) is 10.3 Å². The zero-order valence-electron chi connectivity index (χ0n) is 13.0. The highest BCUT2D eigenvalue weighted by Crippen LogP contribution is 2.49. The smallest absolute Gasteiger partial charge is 0.366 e. The van der Waals surface area contributed by atoms with Crippen LogP contribution in [0.1, 0.15) is 25.7 Å². The van der Waals surface area contributed by atoms with Gasteiger partial charge in [-0.25, -0.2) is 8.87 Å². The first-order valence-corrected chi connectivity index (χ1v) is 10.4. The van der Waals surface area contributed by atoms with Gasteiger partial charge < -0.3 is 5.32 Å². The molecule has 0 amide bonds. The van der Waals surface area contributed by atoms with Crippen LogP contribution in [0.3, 0.4) is 0 Å². The molecule has 2 atom stereocenters. The van der Waals surface area contributed by atoms with E-state index >= 15 is 0 Å². The van der Waals surface area contributed by atoms with Gasteiger partial charge in [-0.2, -0.15) is 18.5 Å². The summed E-state index contributed by atoms with van der Waals surface area (Å²) < 4.78 is 24.5. The van der Waals surface area contributed by atoms with Crippen molar-refractivity contribution in [3.8, 4) is 0 Å². The van der Waals surface area contributed by atoms with Gasteiger partial charge >= 0.3 is 10.2 Å². The summed E-state index contributed by atoms with van der Waals surface area (Å²) in [6, 6.07) is 0.414. The Bertz CT molecular complexity index is 756. The number of halogens is 2. The normalized spacial score (nSPS) is 35.9. The van der Waals surface area contributed by atoms with Gasteiger partial charge in [-0.3, -0.25) is 0 Å². The van der Waals surface area contributed by atoms with Crippen molar-refractivity contribution in [2.75, 3.05) is 18.4 Å². The highest BCUT2D eigenvalue weighted by molar-refractivity contribution is 7.83. The summed E-state index contributed by atoms with van der Waals surface area (Å²) in [5, 5.41) is 9.51. The average molecular weight is 393 g/mol. The molecular weight excluding hydrogens is 373 g/mol. The zero-order valence-corrected chi connectivity index (χ0v) is 15.4. The molecule has 2 saturated carbocycles. The van der Waals surface area contributed by atoms with Gasteiger partial charge in [0.1, 0.15) is 16.9 Å². The Hall–Kier alpha value is -0.670. The average Bonchev–Trinajstić information content (AvgIpc) is 3.17. The molecule has 0 spiro atoms. The van der Waals surface area contributed by atoms with Gasteiger partial charge in [-0.1, -0.05) is 11.6 Å². The second kappa shape index (κ2) is 5.67. The number of nitrogens with two attached hydrogens (primary N) is 1. The van der Waals surface area contributed by atoms with E-state index in [0.717, 1.165) is 25.7 Å². The first-order chi connectivity index (χ1) is 11.3. The summed E-state index contributed by atoms with van der Waals surface area (Å²) in [6.45, 7) is 1.26. The van der Waals surface area contributed by atoms with Crippen molar-refractivity contribution in [2.45, 2.75) is 37.8 Å². The number of rotatable bonds is 4. The molecule has 132 valence electrons. The molecule has 24 heavy (non-hydrogen) atoms. The van der Waals surface area contributed by atoms with Crippen molar-refractivity contribution in [3.63, 3.8) is 0 Å². The van der Waals surface area contributed by atoms with Crippen LogP contribution in [0.5, 0.6) is 0 Å². The molecule has 2 aliphatic carbocycles. The fourth-order valence-corrected chi connectivity index (χ4v) is 6.25. The predicted octanol–water partition coefficient (Wildman–Crippen LogP) is 1.79. The minimum absolute atomic E-state index is 0.0924. The largest absolute Gasteiger partial charge is 0.367 e. The van der Waals surface area contributed by atoms with Gasteiger partial charge in [0, 0.05) is 30.7 Å². The monoisotopic (exact) mass is 392 g/mol. The van der Waals surface area contributed by atoms with Crippen molar-refractivity contribution >= 4 is 39.2 Å². The standard InChI is InChI=1S/C14H20Cl2N5O2S/c15-12-5-18-14(16)20-13(12)19-10-3-8-6-21(11-1-2-11,24(17,22)23)7-9(8)4-10/h5,8-11H,1-4,6-7H2,(H2,17,22,23)(H,18,19,20)/q+1. The third-order valence-electron chi connectivity index (χ3n) is 5.70. The van der Waals surface area contributed by atoms with Crippen LogP contribution in [0, 0.1) is 11.8 Å². The van der Waals surface area contributed by atoms with E-state index in [4.69, 9.17) is 28.3 Å². The molecule has 3 fully saturated rings. The number of hydrogen-bond donors (Lipinski definition) is 2. The fourth-order valence-electron chi connectivity index (χ4n) is 4.54. The number of anilines is 1. The molecule has 10 heteroatoms. The maximum absolute atomic E-state index is 12.2. The summed E-state index contributed by atoms with van der Waals surface area (Å²) in [5.41, 5.74) is 0. The molecule has 1 saturated heterocycles. The molecule has 0 bridgehead atoms. The molecule has 7 nitrogen and oxygen atoms in total. The Balaban J connectivity index is 1.47. The number of hydrogen-bond acceptors (Lipinski definition) is 5. The molecule has 1 aromatic heterocycles. The van der Waals surface area contributed by atoms with Gasteiger partial charge in [0.25, 0.3) is 0 Å². The SMILES string of the molecule is NS(=O)(=O)[N+]1(C2CC2)CC2CC(Nc3nc(Cl)ncc3Cl)CC2C1. The minimum Gasteiger partial charge on any atom is -0.366 e. The molecule has 1 aromatic rings. The quantitative estimate of drug-likeness (QED) is 0.600. The fraction of sp³-hybridized carbons (Fsp3) is 0.714. The van der Waals surface area contributed by atoms with Crippen LogP contribution in [0.25, 0.3) is 0 Å². The van der Waals surface area contributed by atoms with Crippen LogP contribution in [0.15, 0.2) is 6.20 Å². The third kappa shape index (κ3) is 2.78. The summed E-state index contributed by atoms with van der Waals surface area (Å²) in [5.74, 6) is 1.26. The Kier molecular flexibility index (Phi) is 3.96. The van der Waals surface area contributed by atoms with E-state index in [-0.39, 0.29) is 21.3 Å². The molecule has 3 aliphatic rings. The van der Waals surface area contributed by atoms with E-state index in [2.05, 4.69) is 15.3 Å². The highest BCUT2D eigenvalue weighted by atomic mass is 35.5. The van der Waals surface area contributed by atoms with Crippen LogP contribution in [-0.2, 0) is 10.2 Å². The van der Waals surface area contributed by atoms with Gasteiger partial charge in [-0.05, 0) is 24.4 Å². The van der Waals surface area contributed by atoms with Crippen molar-refractivity contribution in [2.24, 2.45) is 17.0 Å². The van der Waals surface area contributed by atoms with Crippen molar-refractivity contribution < 1.29 is 12.3 Å². The summed E-state index contributed by atoms with van der Waals surface area (Å²) in [7, 11) is -3.57. The molecule has 2 unspecified atom stereocenters. The van der Waals surface area contributed by atoms with Gasteiger partial charge in [0.2, 0.25) is 5.28 Å². The van der Waals surface area contributed by atoms with Crippen molar-refractivity contribution in [1.82, 2.24) is 9.97 Å². The van der Waals surface area contributed by atoms with E-state index in [1.807, 2.05) is 0 Å². The molecular formula is C14H20Cl2N5O2S+. The number of nitrogens with one attached hydrogen (secondary N) is 1. The molecule has 2 heterocycles. The number of quaternary nitrogens is 1. The number of likely N-dealkylation sites (tertiary alicyclic amines) is 1. The second-order valence-corrected chi connectivity index (χ2v) is 9.73. The van der Waals surface area contributed by atoms with Crippen molar-refractivity contribution in [3.05, 3.63) is 16.5 Å². The summed E-state index contributed by atoms with van der Waals surface area (Å²) in [6.07, 6.45) is 5.19. The minimum atomic E-state index is -3.57. The van der Waals surface area contributed by atoms with E-state index in [0.29, 0.717) is 35.8 Å². The zero-order chi connectivity index (χ0) is 17.1. The lowest BCUT2D eigenvalue weighted by Gasteiger charge is -2.32. The Morgan fingerprint density at radius 2 is 1.83 bits per heavy atom. The van der Waals surface area contributed by atoms with Gasteiger partial charge in [0.15, 0.2) is 0 Å². The predicted molar refractivity (Wildman–Crippen MR) is 91.8 cm³/mol. The molecule has 4 rings (SSSR count). The van der Waals surface area contributed by atoms with Crippen molar-refractivity contribution in [1.29, 1.82) is 0 Å². The lowest BCUT2D eigenvalue weighted by molar-refractivity contribution is -0.808. The van der Waals surface area contributed by atoms with Gasteiger partial charge in [-0.15, -0.1) is 0 Å². The van der Waals surface area contributed by atoms with Crippen LogP contribution in [0.4, 0.5) is 5.82 Å². The van der Waals surface area contributed by atoms with Crippen LogP contribution >= 0.6 is 23.2 Å². The first kappa shape index (κ1) is 16.8. The first-order valence-electron chi connectivity index (χ1n) is 8.13. The Morgan fingerprint density at radius 1 is 1.21 bits per heavy atom. The number of fused-ring (bicyclic) bond motifs is 1. The van der Waals surface area contributed by atoms with E-state index in [9.17, 15) is 8.42 Å².